The molecule has 0 amide bonds. The first-order chi connectivity index (χ1) is 23.4. The Balaban J connectivity index is 0.00000378. The number of imidazole rings is 1. The van der Waals surface area contributed by atoms with Crippen molar-refractivity contribution in [1.29, 1.82) is 0 Å². The van der Waals surface area contributed by atoms with Gasteiger partial charge in [-0.3, -0.25) is 9.55 Å². The van der Waals surface area contributed by atoms with Crippen LogP contribution in [0.4, 0.5) is 0 Å². The van der Waals surface area contributed by atoms with E-state index in [-0.39, 0.29) is 26.8 Å². The van der Waals surface area contributed by atoms with Gasteiger partial charge in [-0.2, -0.15) is 0 Å². The molecule has 4 nitrogen and oxygen atoms in total. The molecule has 8 aromatic rings. The van der Waals surface area contributed by atoms with Crippen LogP contribution in [0.2, 0.25) is 0 Å². The van der Waals surface area contributed by atoms with Crippen LogP contribution in [0.1, 0.15) is 22.3 Å². The van der Waals surface area contributed by atoms with Crippen LogP contribution in [0.5, 0.6) is 5.75 Å². The van der Waals surface area contributed by atoms with Crippen molar-refractivity contribution < 1.29 is 26.2 Å². The van der Waals surface area contributed by atoms with Crippen LogP contribution < -0.4 is 0 Å². The van der Waals surface area contributed by atoms with Crippen LogP contribution in [0.15, 0.2) is 128 Å². The Hall–Kier alpha value is -5.31. The number of aryl methyl sites for hydroxylation is 4. The van der Waals surface area contributed by atoms with E-state index in [1.54, 1.807) is 0 Å². The van der Waals surface area contributed by atoms with Crippen molar-refractivity contribution in [2.75, 3.05) is 0 Å². The fraction of sp³-hybridized carbons (Fsp3) is 0.0909. The molecule has 0 bridgehead atoms. The average Bonchev–Trinajstić information content (AvgIpc) is 3.48. The Morgan fingerprint density at radius 2 is 1.31 bits per heavy atom. The zero-order valence-electron chi connectivity index (χ0n) is 27.7. The Kier molecular flexibility index (Phi) is 8.52. The molecule has 0 aliphatic carbocycles. The molecule has 0 radical (unpaired) electrons. The molecule has 0 aliphatic heterocycles. The van der Waals surface area contributed by atoms with Crippen molar-refractivity contribution in [3.8, 4) is 56.2 Å². The minimum absolute atomic E-state index is 0. The molecule has 8 rings (SSSR count). The van der Waals surface area contributed by atoms with Gasteiger partial charge in [0.25, 0.3) is 0 Å². The van der Waals surface area contributed by atoms with Crippen molar-refractivity contribution in [3.63, 3.8) is 0 Å². The minimum Gasteiger partial charge on any atom is -0.507 e. The summed E-state index contributed by atoms with van der Waals surface area (Å²) in [6.45, 7) is 8.34. The summed E-state index contributed by atoms with van der Waals surface area (Å²) in [5.41, 5.74) is 15.0. The number of para-hydroxylation sites is 3. The predicted octanol–water partition coefficient (Wildman–Crippen LogP) is 11.0. The number of rotatable bonds is 5. The van der Waals surface area contributed by atoms with Crippen molar-refractivity contribution in [3.05, 3.63) is 156 Å². The number of phenolic OH excluding ortho intramolecular Hbond substituents is 1. The van der Waals surface area contributed by atoms with Gasteiger partial charge in [-0.15, -0.1) is 29.3 Å². The molecule has 5 heteroatoms. The zero-order chi connectivity index (χ0) is 32.9. The van der Waals surface area contributed by atoms with Gasteiger partial charge in [-0.1, -0.05) is 119 Å². The number of fused-ring (bicyclic) bond motifs is 2. The SMILES string of the molecule is Cc1cc(C)c(-n2c(-c3cccc(C)c3O)nc3c(-c4[c-]c(-c5cccc6cccnc56)c(-c5ccccc5)cc4)cccc32)c(C)c1.[Pt]. The third-order valence-electron chi connectivity index (χ3n) is 9.25. The number of nitrogens with zero attached hydrogens (tertiary/aromatic N) is 3. The summed E-state index contributed by atoms with van der Waals surface area (Å²) in [5.74, 6) is 0.940. The van der Waals surface area contributed by atoms with E-state index < -0.39 is 0 Å². The zero-order valence-corrected chi connectivity index (χ0v) is 30.0. The van der Waals surface area contributed by atoms with Crippen molar-refractivity contribution in [1.82, 2.24) is 14.5 Å². The molecule has 0 aliphatic rings. The van der Waals surface area contributed by atoms with E-state index in [0.29, 0.717) is 11.4 Å². The summed E-state index contributed by atoms with van der Waals surface area (Å²) in [6, 6.07) is 45.6. The van der Waals surface area contributed by atoms with Crippen LogP contribution in [0.3, 0.4) is 0 Å². The monoisotopic (exact) mass is 815 g/mol. The van der Waals surface area contributed by atoms with E-state index in [1.165, 1.54) is 5.56 Å². The molecule has 2 aromatic heterocycles. The summed E-state index contributed by atoms with van der Waals surface area (Å²) in [4.78, 5) is 10.2. The number of pyridine rings is 1. The van der Waals surface area contributed by atoms with Gasteiger partial charge in [-0.25, -0.2) is 4.98 Å². The quantitative estimate of drug-likeness (QED) is 0.176. The van der Waals surface area contributed by atoms with Gasteiger partial charge in [0.15, 0.2) is 0 Å². The van der Waals surface area contributed by atoms with Gasteiger partial charge in [0.2, 0.25) is 0 Å². The Bertz CT molecular complexity index is 2490. The average molecular weight is 816 g/mol. The van der Waals surface area contributed by atoms with Gasteiger partial charge < -0.3 is 5.11 Å². The van der Waals surface area contributed by atoms with Gasteiger partial charge in [0.1, 0.15) is 11.6 Å². The predicted molar refractivity (Wildman–Crippen MR) is 198 cm³/mol. The van der Waals surface area contributed by atoms with E-state index in [0.717, 1.165) is 77.7 Å². The molecule has 6 aromatic carbocycles. The third kappa shape index (κ3) is 5.57. The van der Waals surface area contributed by atoms with Crippen LogP contribution in [-0.4, -0.2) is 19.6 Å². The van der Waals surface area contributed by atoms with Gasteiger partial charge in [-0.05, 0) is 68.0 Å². The molecular formula is C44H34N3OPt-. The number of benzene rings is 6. The molecule has 2 heterocycles. The largest absolute Gasteiger partial charge is 0.507 e. The van der Waals surface area contributed by atoms with Crippen molar-refractivity contribution in [2.24, 2.45) is 0 Å². The van der Waals surface area contributed by atoms with E-state index >= 15 is 0 Å². The van der Waals surface area contributed by atoms with Crippen LogP contribution in [-0.2, 0) is 21.1 Å². The molecule has 0 spiro atoms. The first-order valence-corrected chi connectivity index (χ1v) is 16.2. The van der Waals surface area contributed by atoms with Crippen LogP contribution >= 0.6 is 0 Å². The molecule has 1 N–H and O–H groups in total. The standard InChI is InChI=1S/C44H34N3O.Pt/c1-27-24-29(3)42(30(4)25-27)47-39-20-10-17-35(41(39)46-44(47)37-19-8-12-28(2)43(37)48)33-21-22-34(31-13-6-5-7-14-31)38(26-33)36-18-9-15-32-16-11-23-45-40(32)36;/h5-25,48H,1-4H3;/q-1;. The van der Waals surface area contributed by atoms with E-state index in [2.05, 4.69) is 122 Å². The first-order valence-electron chi connectivity index (χ1n) is 16.2. The second kappa shape index (κ2) is 13.0. The summed E-state index contributed by atoms with van der Waals surface area (Å²) < 4.78 is 2.21. The van der Waals surface area contributed by atoms with Crippen molar-refractivity contribution >= 4 is 21.9 Å². The molecule has 0 fully saturated rings. The Morgan fingerprint density at radius 1 is 0.612 bits per heavy atom. The molecule has 0 atom stereocenters. The topological polar surface area (TPSA) is 50.9 Å². The smallest absolute Gasteiger partial charge is 0.148 e. The van der Waals surface area contributed by atoms with Gasteiger partial charge >= 0.3 is 0 Å². The van der Waals surface area contributed by atoms with Crippen LogP contribution in [0.25, 0.3) is 72.4 Å². The molecule has 0 unspecified atom stereocenters. The van der Waals surface area contributed by atoms with Crippen LogP contribution in [0, 0.1) is 33.8 Å². The Labute approximate surface area is 301 Å². The number of hydrogen-bond acceptors (Lipinski definition) is 3. The van der Waals surface area contributed by atoms with Crippen molar-refractivity contribution in [2.45, 2.75) is 27.7 Å². The summed E-state index contributed by atoms with van der Waals surface area (Å²) in [6.07, 6.45) is 1.85. The molecule has 0 saturated heterocycles. The summed E-state index contributed by atoms with van der Waals surface area (Å²) in [5, 5.41) is 12.4. The minimum atomic E-state index is 0. The van der Waals surface area contributed by atoms with E-state index in [1.807, 2.05) is 43.5 Å². The van der Waals surface area contributed by atoms with Gasteiger partial charge in [0.05, 0.1) is 22.3 Å². The molecular weight excluding hydrogens is 782 g/mol. The fourth-order valence-corrected chi connectivity index (χ4v) is 7.12. The van der Waals surface area contributed by atoms with E-state index in [4.69, 9.17) is 9.97 Å². The maximum absolute atomic E-state index is 11.3. The first kappa shape index (κ1) is 32.2. The normalized spacial score (nSPS) is 11.2. The van der Waals surface area contributed by atoms with E-state index in [9.17, 15) is 5.11 Å². The second-order valence-corrected chi connectivity index (χ2v) is 12.6. The Morgan fingerprint density at radius 3 is 2.10 bits per heavy atom. The maximum Gasteiger partial charge on any atom is 0.148 e. The summed E-state index contributed by atoms with van der Waals surface area (Å²) >= 11 is 0. The molecule has 0 saturated carbocycles. The number of aromatic hydroxyl groups is 1. The second-order valence-electron chi connectivity index (χ2n) is 12.6. The summed E-state index contributed by atoms with van der Waals surface area (Å²) in [7, 11) is 0. The molecule has 49 heavy (non-hydrogen) atoms. The number of hydrogen-bond donors (Lipinski definition) is 1. The van der Waals surface area contributed by atoms with Gasteiger partial charge in [0, 0.05) is 32.8 Å². The number of phenols is 1. The third-order valence-corrected chi connectivity index (χ3v) is 9.25. The fourth-order valence-electron chi connectivity index (χ4n) is 7.12. The number of aromatic nitrogens is 3. The maximum atomic E-state index is 11.3. The molecule has 242 valence electrons.